The number of para-hydroxylation sites is 1. The van der Waals surface area contributed by atoms with E-state index in [0.29, 0.717) is 33.9 Å². The van der Waals surface area contributed by atoms with Gasteiger partial charge < -0.3 is 16.0 Å². The number of halogens is 2. The molecule has 1 atom stereocenters. The second-order valence-corrected chi connectivity index (χ2v) is 12.3. The molecule has 0 aromatic heterocycles. The van der Waals surface area contributed by atoms with E-state index in [2.05, 4.69) is 21.1 Å². The zero-order valence-electron chi connectivity index (χ0n) is 25.1. The molecule has 1 aliphatic heterocycles. The van der Waals surface area contributed by atoms with Crippen molar-refractivity contribution in [2.24, 2.45) is 5.10 Å². The molecular formula is C35H29Cl2N5O4S. The highest BCUT2D eigenvalue weighted by Gasteiger charge is 2.28. The number of amidine groups is 1. The van der Waals surface area contributed by atoms with Crippen molar-refractivity contribution in [2.45, 2.75) is 29.9 Å². The number of rotatable bonds is 10. The molecule has 3 N–H and O–H groups in total. The summed E-state index contributed by atoms with van der Waals surface area (Å²) in [6, 6.07) is 29.5. The number of hydrazone groups is 1. The predicted molar refractivity (Wildman–Crippen MR) is 187 cm³/mol. The smallest absolute Gasteiger partial charge is 0.272 e. The number of carbonyl (C=O) groups excluding carboxylic acids is 4. The monoisotopic (exact) mass is 685 g/mol. The van der Waals surface area contributed by atoms with Gasteiger partial charge in [-0.1, -0.05) is 84.7 Å². The summed E-state index contributed by atoms with van der Waals surface area (Å²) in [6.07, 6.45) is 1.94. The van der Waals surface area contributed by atoms with Gasteiger partial charge in [0, 0.05) is 16.1 Å². The van der Waals surface area contributed by atoms with Crippen molar-refractivity contribution in [3.05, 3.63) is 130 Å². The number of amides is 4. The Bertz CT molecular complexity index is 1870. The number of nitrogens with one attached hydrogen (secondary N) is 3. The molecule has 1 aliphatic rings. The van der Waals surface area contributed by atoms with Crippen LogP contribution in [0.4, 0.5) is 11.4 Å². The molecule has 0 fully saturated rings. The molecule has 238 valence electrons. The van der Waals surface area contributed by atoms with Crippen molar-refractivity contribution in [1.82, 2.24) is 10.6 Å². The number of nitrogens with zero attached hydrogens (tertiary/aromatic N) is 2. The van der Waals surface area contributed by atoms with Gasteiger partial charge in [-0.2, -0.15) is 10.1 Å². The van der Waals surface area contributed by atoms with Crippen molar-refractivity contribution >= 4 is 81.9 Å². The standard InChI is InChI=1S/C35H29Cl2N5O4S/c1-2-29(35(46)40-30-21-31(43)42(41-30)25-15-7-4-8-16-25)47-26-17-10-14-24(20-26)38-34(45)28(19-23-13-9-18-27(36)32(23)37)39-33(44)22-11-5-3-6-12-22/h3-20,29H,2,21H2,1H3,(H,38,45)(H,39,44)(H,40,41,46)/b28-19+. The number of benzene rings is 4. The van der Waals surface area contributed by atoms with Crippen molar-refractivity contribution < 1.29 is 19.2 Å². The third-order valence-corrected chi connectivity index (χ3v) is 9.08. The van der Waals surface area contributed by atoms with Crippen LogP contribution in [0.15, 0.2) is 119 Å². The van der Waals surface area contributed by atoms with E-state index in [1.807, 2.05) is 31.2 Å². The molecule has 4 aromatic carbocycles. The van der Waals surface area contributed by atoms with Gasteiger partial charge in [-0.15, -0.1) is 11.8 Å². The van der Waals surface area contributed by atoms with Gasteiger partial charge in [-0.25, -0.2) is 0 Å². The number of carbonyl (C=O) groups is 4. The topological polar surface area (TPSA) is 120 Å². The van der Waals surface area contributed by atoms with Crippen LogP contribution in [-0.2, 0) is 14.4 Å². The zero-order chi connectivity index (χ0) is 33.3. The molecule has 0 spiro atoms. The van der Waals surface area contributed by atoms with Gasteiger partial charge >= 0.3 is 0 Å². The average molecular weight is 687 g/mol. The first kappa shape index (κ1) is 33.5. The number of anilines is 2. The predicted octanol–water partition coefficient (Wildman–Crippen LogP) is 7.14. The molecular weight excluding hydrogens is 657 g/mol. The lowest BCUT2D eigenvalue weighted by Gasteiger charge is -2.16. The normalized spacial score (nSPS) is 13.5. The molecule has 12 heteroatoms. The summed E-state index contributed by atoms with van der Waals surface area (Å²) in [5.74, 6) is -1.32. The van der Waals surface area contributed by atoms with Crippen LogP contribution in [0.3, 0.4) is 0 Å². The number of hydrogen-bond acceptors (Lipinski definition) is 6. The lowest BCUT2D eigenvalue weighted by Crippen LogP contribution is -2.36. The maximum absolute atomic E-state index is 13.5. The summed E-state index contributed by atoms with van der Waals surface area (Å²) in [5.41, 5.74) is 1.82. The maximum atomic E-state index is 13.5. The van der Waals surface area contributed by atoms with Gasteiger partial charge in [0.25, 0.3) is 17.7 Å². The lowest BCUT2D eigenvalue weighted by atomic mass is 10.1. The summed E-state index contributed by atoms with van der Waals surface area (Å²) in [7, 11) is 0. The maximum Gasteiger partial charge on any atom is 0.272 e. The Morgan fingerprint density at radius 2 is 1.62 bits per heavy atom. The van der Waals surface area contributed by atoms with E-state index < -0.39 is 17.1 Å². The summed E-state index contributed by atoms with van der Waals surface area (Å²) >= 11 is 13.9. The Labute approximate surface area is 286 Å². The largest absolute Gasteiger partial charge is 0.321 e. The Hall–Kier alpha value is -4.90. The molecule has 47 heavy (non-hydrogen) atoms. The highest BCUT2D eigenvalue weighted by Crippen LogP contribution is 2.30. The summed E-state index contributed by atoms with van der Waals surface area (Å²) < 4.78 is 0. The van der Waals surface area contributed by atoms with E-state index in [9.17, 15) is 19.2 Å². The van der Waals surface area contributed by atoms with Crippen molar-refractivity contribution in [3.63, 3.8) is 0 Å². The van der Waals surface area contributed by atoms with Crippen LogP contribution in [0.5, 0.6) is 0 Å². The molecule has 0 radical (unpaired) electrons. The van der Waals surface area contributed by atoms with Crippen molar-refractivity contribution in [3.8, 4) is 0 Å². The Morgan fingerprint density at radius 3 is 2.34 bits per heavy atom. The quantitative estimate of drug-likeness (QED) is 0.121. The molecule has 0 bridgehead atoms. The van der Waals surface area contributed by atoms with Gasteiger partial charge in [0.05, 0.1) is 27.4 Å². The van der Waals surface area contributed by atoms with E-state index in [0.717, 1.165) is 4.90 Å². The van der Waals surface area contributed by atoms with Crippen LogP contribution in [0.2, 0.25) is 10.0 Å². The molecule has 0 aliphatic carbocycles. The SMILES string of the molecule is CCC(Sc1cccc(NC(=O)/C(=C\c2cccc(Cl)c2Cl)NC(=O)c2ccccc2)c1)C(=O)NC1=NN(c2ccccc2)C(=O)C1. The van der Waals surface area contributed by atoms with Crippen LogP contribution in [0.1, 0.15) is 35.7 Å². The van der Waals surface area contributed by atoms with E-state index in [1.54, 1.807) is 78.9 Å². The third kappa shape index (κ3) is 8.68. The number of thioether (sulfide) groups is 1. The molecule has 0 saturated heterocycles. The van der Waals surface area contributed by atoms with Crippen LogP contribution in [0.25, 0.3) is 6.08 Å². The lowest BCUT2D eigenvalue weighted by molar-refractivity contribution is -0.119. The second-order valence-electron chi connectivity index (χ2n) is 10.3. The molecule has 0 saturated carbocycles. The first-order valence-corrected chi connectivity index (χ1v) is 16.2. The molecule has 1 heterocycles. The minimum absolute atomic E-state index is 0.0136. The zero-order valence-corrected chi connectivity index (χ0v) is 27.4. The first-order valence-electron chi connectivity index (χ1n) is 14.6. The van der Waals surface area contributed by atoms with E-state index in [1.165, 1.54) is 22.8 Å². The van der Waals surface area contributed by atoms with Gasteiger partial charge in [0.2, 0.25) is 5.91 Å². The number of hydrogen-bond donors (Lipinski definition) is 3. The van der Waals surface area contributed by atoms with Gasteiger partial charge in [-0.3, -0.25) is 19.2 Å². The molecule has 4 aromatic rings. The summed E-state index contributed by atoms with van der Waals surface area (Å²) in [6.45, 7) is 1.88. The fourth-order valence-corrected chi connectivity index (χ4v) is 5.93. The fourth-order valence-electron chi connectivity index (χ4n) is 4.55. The minimum Gasteiger partial charge on any atom is -0.321 e. The molecule has 5 rings (SSSR count). The van der Waals surface area contributed by atoms with Gasteiger partial charge in [0.15, 0.2) is 0 Å². The van der Waals surface area contributed by atoms with Crippen LogP contribution in [0, 0.1) is 0 Å². The summed E-state index contributed by atoms with van der Waals surface area (Å²) in [5, 5.41) is 13.9. The van der Waals surface area contributed by atoms with Crippen molar-refractivity contribution in [2.75, 3.05) is 10.3 Å². The second kappa shape index (κ2) is 15.6. The van der Waals surface area contributed by atoms with E-state index in [-0.39, 0.29) is 34.8 Å². The third-order valence-electron chi connectivity index (χ3n) is 6.89. The Morgan fingerprint density at radius 1 is 0.915 bits per heavy atom. The first-order chi connectivity index (χ1) is 22.7. The van der Waals surface area contributed by atoms with Crippen LogP contribution in [-0.4, -0.2) is 34.7 Å². The van der Waals surface area contributed by atoms with E-state index >= 15 is 0 Å². The Kier molecular flexibility index (Phi) is 11.1. The summed E-state index contributed by atoms with van der Waals surface area (Å²) in [4.78, 5) is 53.0. The fraction of sp³-hybridized carbons (Fsp3) is 0.114. The highest BCUT2D eigenvalue weighted by molar-refractivity contribution is 8.00. The van der Waals surface area contributed by atoms with Crippen molar-refractivity contribution in [1.29, 1.82) is 0 Å². The highest BCUT2D eigenvalue weighted by atomic mass is 35.5. The van der Waals surface area contributed by atoms with E-state index in [4.69, 9.17) is 23.2 Å². The molecule has 1 unspecified atom stereocenters. The van der Waals surface area contributed by atoms with Gasteiger partial charge in [-0.05, 0) is 66.6 Å². The molecule has 4 amide bonds. The van der Waals surface area contributed by atoms with Crippen LogP contribution < -0.4 is 21.0 Å². The molecule has 9 nitrogen and oxygen atoms in total. The van der Waals surface area contributed by atoms with Gasteiger partial charge in [0.1, 0.15) is 11.5 Å². The van der Waals surface area contributed by atoms with Crippen LogP contribution >= 0.6 is 35.0 Å². The average Bonchev–Trinajstić information content (AvgIpc) is 3.45. The Balaban J connectivity index is 1.29. The minimum atomic E-state index is -0.593.